The second kappa shape index (κ2) is 3.46. The zero-order chi connectivity index (χ0) is 9.26. The summed E-state index contributed by atoms with van der Waals surface area (Å²) in [4.78, 5) is 11.1. The monoisotopic (exact) mass is 282 g/mol. The van der Waals surface area contributed by atoms with Crippen molar-refractivity contribution in [1.82, 2.24) is 0 Å². The molecule has 0 saturated carbocycles. The van der Waals surface area contributed by atoms with Crippen molar-refractivity contribution < 1.29 is 4.79 Å². The molecule has 0 bridgehead atoms. The smallest absolute Gasteiger partial charge is 0.222 e. The van der Waals surface area contributed by atoms with Crippen molar-refractivity contribution in [3.05, 3.63) is 48.0 Å². The Hall–Kier alpha value is -0.900. The number of benzene rings is 2. The van der Waals surface area contributed by atoms with Crippen LogP contribution in [-0.2, 0) is 0 Å². The number of carbonyl (C=O) groups is 1. The highest BCUT2D eigenvalue weighted by Gasteiger charge is 2.00. The fourth-order valence-corrected chi connectivity index (χ4v) is 1.65. The number of fused-ring (bicyclic) bond motifs is 1. The summed E-state index contributed by atoms with van der Waals surface area (Å²) in [6.07, 6.45) is 0. The molecule has 2 rings (SSSR count). The van der Waals surface area contributed by atoms with E-state index in [1.54, 1.807) is 22.6 Å². The minimum absolute atomic E-state index is 0.0864. The second-order valence-corrected chi connectivity index (χ2v) is 3.82. The summed E-state index contributed by atoms with van der Waals surface area (Å²) < 4.78 is 0.0864. The first kappa shape index (κ1) is 8.69. The largest absolute Gasteiger partial charge is 0.282 e. The van der Waals surface area contributed by atoms with E-state index in [-0.39, 0.29) is 3.79 Å². The highest BCUT2D eigenvalue weighted by Crippen LogP contribution is 2.17. The average Bonchev–Trinajstić information content (AvgIpc) is 2.17. The molecular formula is C11H7IO. The van der Waals surface area contributed by atoms with Gasteiger partial charge in [-0.3, -0.25) is 4.79 Å². The number of carbonyl (C=O) groups excluding carboxylic acids is 1. The molecule has 2 aromatic rings. The molecule has 0 aliphatic rings. The molecule has 0 aromatic heterocycles. The van der Waals surface area contributed by atoms with Crippen LogP contribution >= 0.6 is 22.6 Å². The van der Waals surface area contributed by atoms with E-state index in [1.807, 2.05) is 42.5 Å². The summed E-state index contributed by atoms with van der Waals surface area (Å²) in [6.45, 7) is 0. The molecule has 1 nitrogen and oxygen atoms in total. The first-order valence-electron chi connectivity index (χ1n) is 3.96. The van der Waals surface area contributed by atoms with Crippen molar-refractivity contribution in [2.75, 3.05) is 0 Å². The number of hydrogen-bond donors (Lipinski definition) is 0. The van der Waals surface area contributed by atoms with Crippen LogP contribution in [-0.4, -0.2) is 3.79 Å². The third kappa shape index (κ3) is 1.72. The van der Waals surface area contributed by atoms with Crippen LogP contribution in [0.3, 0.4) is 0 Å². The topological polar surface area (TPSA) is 17.1 Å². The third-order valence-corrected chi connectivity index (χ3v) is 2.60. The van der Waals surface area contributed by atoms with Crippen LogP contribution in [0.4, 0.5) is 0 Å². The van der Waals surface area contributed by atoms with Crippen molar-refractivity contribution in [1.29, 1.82) is 0 Å². The molecule has 0 amide bonds. The Labute approximate surface area is 89.9 Å². The summed E-state index contributed by atoms with van der Waals surface area (Å²) in [5.74, 6) is 0. The summed E-state index contributed by atoms with van der Waals surface area (Å²) >= 11 is 1.80. The van der Waals surface area contributed by atoms with Gasteiger partial charge in [0.1, 0.15) is 0 Å². The zero-order valence-electron chi connectivity index (χ0n) is 6.83. The first-order valence-corrected chi connectivity index (χ1v) is 5.04. The van der Waals surface area contributed by atoms with Gasteiger partial charge in [-0.15, -0.1) is 0 Å². The quantitative estimate of drug-likeness (QED) is 0.578. The van der Waals surface area contributed by atoms with E-state index in [9.17, 15) is 4.79 Å². The molecule has 0 spiro atoms. The summed E-state index contributed by atoms with van der Waals surface area (Å²) in [5.41, 5.74) is 0.763. The minimum Gasteiger partial charge on any atom is -0.282 e. The van der Waals surface area contributed by atoms with Gasteiger partial charge >= 0.3 is 0 Å². The standard InChI is InChI=1S/C11H7IO/c12-11(13)10-6-5-8-3-1-2-4-9(8)7-10/h1-7H. The molecule has 0 atom stereocenters. The van der Waals surface area contributed by atoms with Gasteiger partial charge in [0.25, 0.3) is 0 Å². The maximum absolute atomic E-state index is 11.1. The predicted molar refractivity (Wildman–Crippen MR) is 62.3 cm³/mol. The van der Waals surface area contributed by atoms with Gasteiger partial charge in [0.2, 0.25) is 3.79 Å². The molecule has 0 heterocycles. The molecular weight excluding hydrogens is 275 g/mol. The van der Waals surface area contributed by atoms with E-state index >= 15 is 0 Å². The molecule has 0 fully saturated rings. The van der Waals surface area contributed by atoms with Gasteiger partial charge in [-0.1, -0.05) is 30.3 Å². The second-order valence-electron chi connectivity index (χ2n) is 2.84. The van der Waals surface area contributed by atoms with E-state index in [1.165, 1.54) is 5.39 Å². The van der Waals surface area contributed by atoms with Gasteiger partial charge in [0.15, 0.2) is 0 Å². The van der Waals surface area contributed by atoms with Crippen molar-refractivity contribution in [2.24, 2.45) is 0 Å². The molecule has 0 unspecified atom stereocenters. The highest BCUT2D eigenvalue weighted by atomic mass is 127. The van der Waals surface area contributed by atoms with E-state index in [4.69, 9.17) is 0 Å². The van der Waals surface area contributed by atoms with Crippen LogP contribution in [0.25, 0.3) is 10.8 Å². The van der Waals surface area contributed by atoms with Gasteiger partial charge in [0.05, 0.1) is 0 Å². The third-order valence-electron chi connectivity index (χ3n) is 1.98. The molecule has 0 saturated heterocycles. The lowest BCUT2D eigenvalue weighted by Gasteiger charge is -1.98. The minimum atomic E-state index is 0.0864. The van der Waals surface area contributed by atoms with Gasteiger partial charge in [-0.25, -0.2) is 0 Å². The van der Waals surface area contributed by atoms with E-state index < -0.39 is 0 Å². The Bertz CT molecular complexity index is 462. The lowest BCUT2D eigenvalue weighted by Crippen LogP contribution is -1.86. The Morgan fingerprint density at radius 3 is 2.38 bits per heavy atom. The van der Waals surface area contributed by atoms with Crippen LogP contribution in [0.5, 0.6) is 0 Å². The number of halogens is 1. The van der Waals surface area contributed by atoms with E-state index in [2.05, 4.69) is 0 Å². The maximum Gasteiger partial charge on any atom is 0.222 e. The molecule has 0 aliphatic carbocycles. The van der Waals surface area contributed by atoms with Crippen LogP contribution < -0.4 is 0 Å². The van der Waals surface area contributed by atoms with Crippen molar-refractivity contribution in [3.63, 3.8) is 0 Å². The van der Waals surface area contributed by atoms with E-state index in [0.717, 1.165) is 10.9 Å². The fraction of sp³-hybridized carbons (Fsp3) is 0. The molecule has 13 heavy (non-hydrogen) atoms. The predicted octanol–water partition coefficient (Wildman–Crippen LogP) is 3.42. The van der Waals surface area contributed by atoms with Crippen molar-refractivity contribution in [3.8, 4) is 0 Å². The summed E-state index contributed by atoms with van der Waals surface area (Å²) in [6, 6.07) is 13.8. The molecule has 0 radical (unpaired) electrons. The Morgan fingerprint density at radius 1 is 1.00 bits per heavy atom. The van der Waals surface area contributed by atoms with Crippen LogP contribution in [0.1, 0.15) is 10.4 Å². The Morgan fingerprint density at radius 2 is 1.69 bits per heavy atom. The van der Waals surface area contributed by atoms with Gasteiger partial charge < -0.3 is 0 Å². The van der Waals surface area contributed by atoms with Crippen LogP contribution in [0.2, 0.25) is 0 Å². The molecule has 2 aromatic carbocycles. The van der Waals surface area contributed by atoms with Gasteiger partial charge in [-0.05, 0) is 22.9 Å². The SMILES string of the molecule is O=C(I)c1ccc2ccccc2c1. The Balaban J connectivity index is 2.69. The molecule has 64 valence electrons. The normalized spacial score (nSPS) is 10.2. The fourth-order valence-electron chi connectivity index (χ4n) is 1.31. The maximum atomic E-state index is 11.1. The molecule has 2 heteroatoms. The summed E-state index contributed by atoms with van der Waals surface area (Å²) in [5, 5.41) is 2.29. The van der Waals surface area contributed by atoms with Crippen LogP contribution in [0, 0.1) is 0 Å². The average molecular weight is 282 g/mol. The van der Waals surface area contributed by atoms with E-state index in [0.29, 0.717) is 0 Å². The zero-order valence-corrected chi connectivity index (χ0v) is 8.99. The lowest BCUT2D eigenvalue weighted by molar-refractivity contribution is 0.110. The van der Waals surface area contributed by atoms with Crippen molar-refractivity contribution >= 4 is 37.2 Å². The molecule has 0 N–H and O–H groups in total. The lowest BCUT2D eigenvalue weighted by atomic mass is 10.1. The Kier molecular flexibility index (Phi) is 2.31. The first-order chi connectivity index (χ1) is 6.27. The van der Waals surface area contributed by atoms with Crippen molar-refractivity contribution in [2.45, 2.75) is 0 Å². The highest BCUT2D eigenvalue weighted by molar-refractivity contribution is 14.1. The molecule has 0 aliphatic heterocycles. The van der Waals surface area contributed by atoms with Crippen LogP contribution in [0.15, 0.2) is 42.5 Å². The number of hydrogen-bond acceptors (Lipinski definition) is 1. The summed E-state index contributed by atoms with van der Waals surface area (Å²) in [7, 11) is 0. The number of rotatable bonds is 1. The van der Waals surface area contributed by atoms with Gasteiger partial charge in [-0.2, -0.15) is 0 Å². The van der Waals surface area contributed by atoms with Gasteiger partial charge in [0, 0.05) is 28.2 Å².